The van der Waals surface area contributed by atoms with Gasteiger partial charge in [-0.1, -0.05) is 91.0 Å². The molecule has 4 aromatic carbocycles. The molecule has 0 saturated carbocycles. The number of carbonyl (C=O) groups is 5. The molecule has 1 N–H and O–H groups in total. The zero-order valence-electron chi connectivity index (χ0n) is 39.3. The van der Waals surface area contributed by atoms with Gasteiger partial charge in [-0.15, -0.1) is 0 Å². The molecular weight excluding hydrogens is 915 g/mol. The molecule has 3 saturated heterocycles. The molecule has 19 heteroatoms. The molecule has 0 aliphatic carbocycles. The van der Waals surface area contributed by atoms with Crippen molar-refractivity contribution in [2.45, 2.75) is 114 Å². The third-order valence-corrected chi connectivity index (χ3v) is 11.6. The molecule has 374 valence electrons. The highest BCUT2D eigenvalue weighted by molar-refractivity contribution is 5.79. The van der Waals surface area contributed by atoms with Crippen molar-refractivity contribution in [2.75, 3.05) is 27.4 Å². The Morgan fingerprint density at radius 1 is 0.686 bits per heavy atom. The molecular formula is C51H57NO18. The van der Waals surface area contributed by atoms with E-state index in [1.165, 1.54) is 0 Å². The molecule has 7 rings (SSSR count). The standard InChI is InChI=1S/C51H57NO18/c1-31(53)60-29-40(65-32(2)54)44(66-33(3)55)45-42-39(69-50(57)52-42)25-51(70-45,49(56)59-5)64-30-41-43(61-26-34-15-9-6-10-16-34)46(62-27-35-17-11-7-12-18-35)47(63-28-36-19-13-8-14-20-36)48(68-41)67-38-23-21-37(58-4)22-24-38/h6-24,39-48H,25-30H2,1-5H3,(H,52,57)/t39-,40+,41+,42+,43-,44+,45+,46-,47+,48+,51+/m0/s1. The number of hydrogen-bond donors (Lipinski definition) is 1. The maximum Gasteiger partial charge on any atom is 0.407 e. The van der Waals surface area contributed by atoms with Crippen molar-refractivity contribution in [1.29, 1.82) is 0 Å². The van der Waals surface area contributed by atoms with E-state index in [9.17, 15) is 24.0 Å². The Balaban J connectivity index is 1.29. The van der Waals surface area contributed by atoms with Gasteiger partial charge in [0.2, 0.25) is 6.29 Å². The van der Waals surface area contributed by atoms with Gasteiger partial charge in [-0.05, 0) is 41.0 Å². The number of nitrogens with one attached hydrogen (secondary N) is 1. The van der Waals surface area contributed by atoms with Crippen LogP contribution in [0.4, 0.5) is 4.79 Å². The molecule has 3 aliphatic heterocycles. The first-order valence-corrected chi connectivity index (χ1v) is 22.6. The summed E-state index contributed by atoms with van der Waals surface area (Å²) < 4.78 is 79.8. The van der Waals surface area contributed by atoms with Crippen LogP contribution < -0.4 is 14.8 Å². The Hall–Kier alpha value is -6.61. The lowest BCUT2D eigenvalue weighted by Crippen LogP contribution is -2.67. The van der Waals surface area contributed by atoms with Crippen molar-refractivity contribution in [2.24, 2.45) is 0 Å². The highest BCUT2D eigenvalue weighted by Gasteiger charge is 2.62. The van der Waals surface area contributed by atoms with E-state index < -0.39 is 117 Å². The van der Waals surface area contributed by atoms with Crippen molar-refractivity contribution in [3.8, 4) is 11.5 Å². The predicted molar refractivity (Wildman–Crippen MR) is 242 cm³/mol. The summed E-state index contributed by atoms with van der Waals surface area (Å²) in [5.74, 6) is -4.97. The van der Waals surface area contributed by atoms with Crippen molar-refractivity contribution >= 4 is 30.0 Å². The summed E-state index contributed by atoms with van der Waals surface area (Å²) in [5.41, 5.74) is 2.53. The summed E-state index contributed by atoms with van der Waals surface area (Å²) in [6, 6.07) is 34.2. The second-order valence-corrected chi connectivity index (χ2v) is 16.6. The van der Waals surface area contributed by atoms with Gasteiger partial charge in [0.05, 0.1) is 53.1 Å². The van der Waals surface area contributed by atoms with Crippen LogP contribution in [-0.4, -0.2) is 124 Å². The van der Waals surface area contributed by atoms with Gasteiger partial charge in [-0.2, -0.15) is 0 Å². The molecule has 4 aromatic rings. The average molecular weight is 972 g/mol. The first-order chi connectivity index (χ1) is 33.8. The lowest BCUT2D eigenvalue weighted by atomic mass is 9.88. The number of carbonyl (C=O) groups excluding carboxylic acids is 5. The molecule has 3 aliphatic rings. The number of methoxy groups -OCH3 is 2. The zero-order chi connectivity index (χ0) is 49.6. The number of fused-ring (bicyclic) bond motifs is 1. The number of hydrogen-bond acceptors (Lipinski definition) is 18. The molecule has 3 heterocycles. The van der Waals surface area contributed by atoms with Gasteiger partial charge in [0.25, 0.3) is 5.79 Å². The van der Waals surface area contributed by atoms with Gasteiger partial charge in [0, 0.05) is 20.8 Å². The minimum atomic E-state index is -2.44. The van der Waals surface area contributed by atoms with Gasteiger partial charge >= 0.3 is 30.0 Å². The highest BCUT2D eigenvalue weighted by atomic mass is 16.8. The van der Waals surface area contributed by atoms with Crippen LogP contribution in [0.5, 0.6) is 11.5 Å². The average Bonchev–Trinajstić information content (AvgIpc) is 3.74. The van der Waals surface area contributed by atoms with Crippen LogP contribution in [-0.2, 0) is 91.1 Å². The van der Waals surface area contributed by atoms with Crippen LogP contribution >= 0.6 is 0 Å². The lowest BCUT2D eigenvalue weighted by Gasteiger charge is -2.48. The van der Waals surface area contributed by atoms with E-state index >= 15 is 0 Å². The summed E-state index contributed by atoms with van der Waals surface area (Å²) in [5, 5.41) is 2.64. The van der Waals surface area contributed by atoms with Crippen molar-refractivity contribution in [3.05, 3.63) is 132 Å². The number of alkyl carbamates (subject to hydrolysis) is 1. The van der Waals surface area contributed by atoms with E-state index in [0.29, 0.717) is 11.5 Å². The van der Waals surface area contributed by atoms with Crippen molar-refractivity contribution in [1.82, 2.24) is 5.32 Å². The second kappa shape index (κ2) is 24.3. The zero-order valence-corrected chi connectivity index (χ0v) is 39.3. The number of amides is 1. The maximum absolute atomic E-state index is 14.3. The molecule has 70 heavy (non-hydrogen) atoms. The van der Waals surface area contributed by atoms with Crippen molar-refractivity contribution < 1.29 is 85.6 Å². The van der Waals surface area contributed by atoms with Gasteiger partial charge in [-0.3, -0.25) is 14.4 Å². The summed E-state index contributed by atoms with van der Waals surface area (Å²) in [6.07, 6.45) is -12.6. The number of benzene rings is 4. The Kier molecular flexibility index (Phi) is 17.8. The third-order valence-electron chi connectivity index (χ3n) is 11.6. The summed E-state index contributed by atoms with van der Waals surface area (Å²) in [7, 11) is 2.65. The van der Waals surface area contributed by atoms with Gasteiger partial charge in [-0.25, -0.2) is 9.59 Å². The van der Waals surface area contributed by atoms with E-state index in [-0.39, 0.29) is 19.8 Å². The Morgan fingerprint density at radius 2 is 1.23 bits per heavy atom. The topological polar surface area (TPSA) is 217 Å². The Labute approximate surface area is 404 Å². The van der Waals surface area contributed by atoms with E-state index in [1.54, 1.807) is 31.4 Å². The normalized spacial score (nSPS) is 25.7. The molecule has 0 bridgehead atoms. The minimum Gasteiger partial charge on any atom is -0.497 e. The van der Waals surface area contributed by atoms with Gasteiger partial charge in [0.15, 0.2) is 12.2 Å². The van der Waals surface area contributed by atoms with Gasteiger partial charge < -0.3 is 66.9 Å². The largest absolute Gasteiger partial charge is 0.497 e. The van der Waals surface area contributed by atoms with E-state index in [2.05, 4.69) is 5.32 Å². The molecule has 0 radical (unpaired) electrons. The summed E-state index contributed by atoms with van der Waals surface area (Å²) in [6.45, 7) is 2.52. The summed E-state index contributed by atoms with van der Waals surface area (Å²) in [4.78, 5) is 64.4. The van der Waals surface area contributed by atoms with E-state index in [1.807, 2.05) is 91.0 Å². The van der Waals surface area contributed by atoms with Crippen LogP contribution in [0.15, 0.2) is 115 Å². The monoisotopic (exact) mass is 971 g/mol. The second-order valence-electron chi connectivity index (χ2n) is 16.6. The van der Waals surface area contributed by atoms with Crippen molar-refractivity contribution in [3.63, 3.8) is 0 Å². The fraction of sp³-hybridized carbons (Fsp3) is 0.431. The van der Waals surface area contributed by atoms with E-state index in [0.717, 1.165) is 44.6 Å². The van der Waals surface area contributed by atoms with Crippen LogP contribution in [0.1, 0.15) is 43.9 Å². The third kappa shape index (κ3) is 13.4. The minimum absolute atomic E-state index is 0.0714. The molecule has 19 nitrogen and oxygen atoms in total. The molecule has 3 fully saturated rings. The predicted octanol–water partition coefficient (Wildman–Crippen LogP) is 5.13. The lowest BCUT2D eigenvalue weighted by molar-refractivity contribution is -0.339. The van der Waals surface area contributed by atoms with E-state index in [4.69, 9.17) is 61.6 Å². The quantitative estimate of drug-likeness (QED) is 0.0797. The van der Waals surface area contributed by atoms with Gasteiger partial charge in [0.1, 0.15) is 54.7 Å². The molecule has 0 aromatic heterocycles. The maximum atomic E-state index is 14.3. The number of ether oxygens (including phenoxy) is 13. The smallest absolute Gasteiger partial charge is 0.407 e. The molecule has 1 amide bonds. The first-order valence-electron chi connectivity index (χ1n) is 22.6. The molecule has 0 unspecified atom stereocenters. The molecule has 0 spiro atoms. The Bertz CT molecular complexity index is 2340. The van der Waals surface area contributed by atoms with Crippen LogP contribution in [0.2, 0.25) is 0 Å². The highest BCUT2D eigenvalue weighted by Crippen LogP contribution is 2.40. The number of rotatable bonds is 22. The van der Waals surface area contributed by atoms with Crippen LogP contribution in [0.3, 0.4) is 0 Å². The fourth-order valence-electron chi connectivity index (χ4n) is 8.39. The summed E-state index contributed by atoms with van der Waals surface area (Å²) >= 11 is 0. The Morgan fingerprint density at radius 3 is 1.76 bits per heavy atom. The van der Waals surface area contributed by atoms with Crippen LogP contribution in [0.25, 0.3) is 0 Å². The first kappa shape index (κ1) is 51.2. The van der Waals surface area contributed by atoms with Crippen LogP contribution in [0, 0.1) is 0 Å². The number of esters is 4. The fourth-order valence-corrected chi connectivity index (χ4v) is 8.39. The SMILES string of the molecule is COC(=O)[C@@]1(OC[C@H]2O[C@@H](Oc3ccc(OC)cc3)[C@H](OCc3ccccc3)[C@@H](OCc3ccccc3)[C@H]2OCc2ccccc2)C[C@@H]2OC(=O)N[C@H]2[C@H]([C@H](OC(C)=O)[C@@H](COC(C)=O)OC(C)=O)O1. The molecule has 11 atom stereocenters.